The molecular formula is C10H22F3NO3S. The Bertz CT molecular complexity index is 329. The maximum Gasteiger partial charge on any atom is 0.485 e. The van der Waals surface area contributed by atoms with E-state index in [1.165, 1.54) is 11.0 Å². The molecule has 0 saturated carbocycles. The lowest BCUT2D eigenvalue weighted by Crippen LogP contribution is -2.54. The van der Waals surface area contributed by atoms with Gasteiger partial charge in [0.05, 0.1) is 25.7 Å². The molecule has 0 aliphatic heterocycles. The van der Waals surface area contributed by atoms with Gasteiger partial charge in [-0.25, -0.2) is 8.42 Å². The maximum atomic E-state index is 10.7. The van der Waals surface area contributed by atoms with Crippen LogP contribution in [0.1, 0.15) is 34.6 Å². The minimum absolute atomic E-state index is 0.741. The third kappa shape index (κ3) is 6.01. The lowest BCUT2D eigenvalue weighted by atomic mass is 10.2. The van der Waals surface area contributed by atoms with Crippen molar-refractivity contribution in [2.75, 3.05) is 13.6 Å². The molecule has 8 heteroatoms. The van der Waals surface area contributed by atoms with Crippen LogP contribution in [0.4, 0.5) is 13.2 Å². The van der Waals surface area contributed by atoms with E-state index < -0.39 is 15.6 Å². The molecule has 4 nitrogen and oxygen atoms in total. The van der Waals surface area contributed by atoms with Gasteiger partial charge in [-0.3, -0.25) is 0 Å². The normalized spacial score (nSPS) is 13.6. The van der Waals surface area contributed by atoms with Crippen LogP contribution in [0.3, 0.4) is 0 Å². The zero-order valence-electron chi connectivity index (χ0n) is 11.6. The van der Waals surface area contributed by atoms with Crippen molar-refractivity contribution in [3.05, 3.63) is 0 Å². The Balaban J connectivity index is 0. The summed E-state index contributed by atoms with van der Waals surface area (Å²) in [5.74, 6) is 0. The Morgan fingerprint density at radius 3 is 1.33 bits per heavy atom. The van der Waals surface area contributed by atoms with Gasteiger partial charge in [0, 0.05) is 0 Å². The number of nitrogens with zero attached hydrogens (tertiary/aromatic N) is 1. The highest BCUT2D eigenvalue weighted by Crippen LogP contribution is 2.20. The van der Waals surface area contributed by atoms with Gasteiger partial charge in [0.2, 0.25) is 0 Å². The smallest absolute Gasteiger partial charge is 0.485 e. The average molecular weight is 293 g/mol. The summed E-state index contributed by atoms with van der Waals surface area (Å²) in [6, 6.07) is 1.48. The van der Waals surface area contributed by atoms with Crippen molar-refractivity contribution in [3.8, 4) is 0 Å². The van der Waals surface area contributed by atoms with Gasteiger partial charge in [0.25, 0.3) is 0 Å². The second kappa shape index (κ2) is 6.72. The van der Waals surface area contributed by atoms with E-state index in [0.29, 0.717) is 0 Å². The van der Waals surface area contributed by atoms with Gasteiger partial charge in [-0.1, -0.05) is 0 Å². The Labute approximate surface area is 107 Å². The molecule has 0 heterocycles. The van der Waals surface area contributed by atoms with Crippen molar-refractivity contribution in [2.45, 2.75) is 52.2 Å². The average Bonchev–Trinajstić information content (AvgIpc) is 2.13. The molecule has 112 valence electrons. The second-order valence-corrected chi connectivity index (χ2v) is 6.12. The van der Waals surface area contributed by atoms with Gasteiger partial charge < -0.3 is 9.04 Å². The molecule has 0 saturated heterocycles. The first-order valence-electron chi connectivity index (χ1n) is 5.57. The number of halogens is 3. The summed E-state index contributed by atoms with van der Waals surface area (Å²) in [6.07, 6.45) is 0. The molecule has 0 aliphatic carbocycles. The van der Waals surface area contributed by atoms with Gasteiger partial charge in [-0.05, 0) is 34.6 Å². The van der Waals surface area contributed by atoms with E-state index in [0.717, 1.165) is 12.1 Å². The highest BCUT2D eigenvalue weighted by Gasteiger charge is 2.36. The minimum Gasteiger partial charge on any atom is -0.741 e. The van der Waals surface area contributed by atoms with Crippen LogP contribution in [0.25, 0.3) is 0 Å². The first kappa shape index (κ1) is 20.0. The molecule has 0 aromatic rings. The molecule has 0 bridgehead atoms. The van der Waals surface area contributed by atoms with Crippen molar-refractivity contribution >= 4 is 10.1 Å². The summed E-state index contributed by atoms with van der Waals surface area (Å²) < 4.78 is 60.1. The molecule has 0 aromatic carbocycles. The number of alkyl halides is 3. The fraction of sp³-hybridized carbons (Fsp3) is 1.00. The molecule has 0 rings (SSSR count). The summed E-state index contributed by atoms with van der Waals surface area (Å²) in [4.78, 5) is 0. The van der Waals surface area contributed by atoms with Crippen LogP contribution in [0.2, 0.25) is 0 Å². The maximum absolute atomic E-state index is 10.7. The number of hydrogen-bond acceptors (Lipinski definition) is 3. The van der Waals surface area contributed by atoms with E-state index in [4.69, 9.17) is 13.0 Å². The number of quaternary nitrogens is 1. The van der Waals surface area contributed by atoms with Crippen LogP contribution >= 0.6 is 0 Å². The van der Waals surface area contributed by atoms with Crippen LogP contribution in [0, 0.1) is 0 Å². The summed E-state index contributed by atoms with van der Waals surface area (Å²) in [5.41, 5.74) is -5.65. The summed E-state index contributed by atoms with van der Waals surface area (Å²) >= 11 is 0. The monoisotopic (exact) mass is 293 g/mol. The zero-order valence-corrected chi connectivity index (χ0v) is 12.4. The quantitative estimate of drug-likeness (QED) is 0.456. The first-order chi connectivity index (χ1) is 7.70. The second-order valence-electron chi connectivity index (χ2n) is 4.75. The number of rotatable bonds is 3. The van der Waals surface area contributed by atoms with E-state index in [1.54, 1.807) is 0 Å². The Morgan fingerprint density at radius 2 is 1.33 bits per heavy atom. The molecule has 0 amide bonds. The van der Waals surface area contributed by atoms with Crippen LogP contribution in [0.5, 0.6) is 0 Å². The molecular weight excluding hydrogens is 271 g/mol. The largest absolute Gasteiger partial charge is 0.741 e. The van der Waals surface area contributed by atoms with Crippen LogP contribution in [0.15, 0.2) is 0 Å². The molecule has 0 spiro atoms. The fourth-order valence-corrected chi connectivity index (χ4v) is 1.33. The van der Waals surface area contributed by atoms with Gasteiger partial charge in [0.1, 0.15) is 0 Å². The third-order valence-corrected chi connectivity index (χ3v) is 3.89. The Morgan fingerprint density at radius 1 is 1.11 bits per heavy atom. The van der Waals surface area contributed by atoms with Crippen molar-refractivity contribution in [2.24, 2.45) is 0 Å². The predicted octanol–water partition coefficient (Wildman–Crippen LogP) is 2.32. The van der Waals surface area contributed by atoms with E-state index in [-0.39, 0.29) is 0 Å². The molecule has 0 fully saturated rings. The fourth-order valence-electron chi connectivity index (χ4n) is 1.33. The van der Waals surface area contributed by atoms with Crippen molar-refractivity contribution in [1.82, 2.24) is 0 Å². The van der Waals surface area contributed by atoms with Crippen molar-refractivity contribution in [1.29, 1.82) is 0 Å². The van der Waals surface area contributed by atoms with Gasteiger partial charge in [-0.2, -0.15) is 13.2 Å². The summed E-state index contributed by atoms with van der Waals surface area (Å²) in [5, 5.41) is 0. The molecule has 0 N–H and O–H groups in total. The van der Waals surface area contributed by atoms with E-state index in [2.05, 4.69) is 41.7 Å². The summed E-state index contributed by atoms with van der Waals surface area (Å²) in [7, 11) is -3.76. The van der Waals surface area contributed by atoms with Crippen LogP contribution < -0.4 is 0 Å². The third-order valence-electron chi connectivity index (χ3n) is 3.32. The van der Waals surface area contributed by atoms with E-state index >= 15 is 0 Å². The van der Waals surface area contributed by atoms with Gasteiger partial charge in [0.15, 0.2) is 10.1 Å². The summed E-state index contributed by atoms with van der Waals surface area (Å²) in [6.45, 7) is 12.7. The first-order valence-corrected chi connectivity index (χ1v) is 6.98. The van der Waals surface area contributed by atoms with Crippen LogP contribution in [-0.4, -0.2) is 48.6 Å². The minimum atomic E-state index is -6.09. The molecule has 0 unspecified atom stereocenters. The topological polar surface area (TPSA) is 57.2 Å². The molecule has 0 radical (unpaired) electrons. The highest BCUT2D eigenvalue weighted by molar-refractivity contribution is 7.86. The highest BCUT2D eigenvalue weighted by atomic mass is 32.2. The van der Waals surface area contributed by atoms with Crippen LogP contribution in [-0.2, 0) is 10.1 Å². The van der Waals surface area contributed by atoms with Gasteiger partial charge >= 0.3 is 5.51 Å². The lowest BCUT2D eigenvalue weighted by Gasteiger charge is -2.41. The predicted molar refractivity (Wildman–Crippen MR) is 62.7 cm³/mol. The van der Waals surface area contributed by atoms with Crippen molar-refractivity contribution < 1.29 is 30.6 Å². The standard InChI is InChI=1S/C9H22N.CHF3O3S/c1-7-10(6,8(2)3)9(4)5;2-1(3,4)8(5,6)7/h8-9H,7H2,1-6H3;(H,5,6,7)/q+1;/p-1. The lowest BCUT2D eigenvalue weighted by molar-refractivity contribution is -0.947. The molecule has 0 aliphatic rings. The van der Waals surface area contributed by atoms with E-state index in [1.807, 2.05) is 0 Å². The zero-order chi connectivity index (χ0) is 15.4. The molecule has 0 aromatic heterocycles. The molecule has 0 atom stereocenters. The Hall–Kier alpha value is -0.340. The SMILES string of the molecule is CC[N+](C)(C(C)C)C(C)C.O=S(=O)([O-])C(F)(F)F. The molecule has 18 heavy (non-hydrogen) atoms. The van der Waals surface area contributed by atoms with Crippen molar-refractivity contribution in [3.63, 3.8) is 0 Å². The number of hydrogen-bond donors (Lipinski definition) is 0. The Kier molecular flexibility index (Phi) is 7.46. The van der Waals surface area contributed by atoms with Gasteiger partial charge in [-0.15, -0.1) is 0 Å². The van der Waals surface area contributed by atoms with E-state index in [9.17, 15) is 13.2 Å².